The second-order valence-corrected chi connectivity index (χ2v) is 5.88. The van der Waals surface area contributed by atoms with Crippen LogP contribution in [-0.2, 0) is 4.79 Å². The molecule has 1 N–H and O–H groups in total. The van der Waals surface area contributed by atoms with E-state index in [0.29, 0.717) is 5.02 Å². The van der Waals surface area contributed by atoms with Gasteiger partial charge in [-0.1, -0.05) is 51.8 Å². The van der Waals surface area contributed by atoms with E-state index in [4.69, 9.17) is 11.6 Å². The van der Waals surface area contributed by atoms with Crippen molar-refractivity contribution in [1.82, 2.24) is 0 Å². The molecule has 0 amide bonds. The number of carbonyl (C=O) groups is 1. The fraction of sp³-hybridized carbons (Fsp3) is 0.125. The summed E-state index contributed by atoms with van der Waals surface area (Å²) >= 11 is 9.22. The molecule has 2 aromatic carbocycles. The molecule has 0 aliphatic rings. The van der Waals surface area contributed by atoms with Gasteiger partial charge in [-0.25, -0.2) is 0 Å². The van der Waals surface area contributed by atoms with Crippen LogP contribution in [0.5, 0.6) is 0 Å². The first-order chi connectivity index (χ1) is 10.0. The van der Waals surface area contributed by atoms with Gasteiger partial charge < -0.3 is 5.11 Å². The van der Waals surface area contributed by atoms with Crippen LogP contribution in [0.2, 0.25) is 5.02 Å². The second kappa shape index (κ2) is 6.75. The number of hydrogen-bond acceptors (Lipinski definition) is 2. The molecule has 3 nitrogen and oxygen atoms in total. The van der Waals surface area contributed by atoms with Crippen LogP contribution >= 0.6 is 27.5 Å². The number of rotatable bonds is 4. The van der Waals surface area contributed by atoms with Gasteiger partial charge in [0.15, 0.2) is 5.92 Å². The minimum absolute atomic E-state index is 0.544. The molecule has 0 saturated carbocycles. The van der Waals surface area contributed by atoms with Crippen LogP contribution in [0.15, 0.2) is 53.0 Å². The monoisotopic (exact) mass is 363 g/mol. The van der Waals surface area contributed by atoms with E-state index < -0.39 is 17.8 Å². The molecule has 2 aromatic rings. The van der Waals surface area contributed by atoms with Crippen LogP contribution in [0.25, 0.3) is 0 Å². The minimum Gasteiger partial charge on any atom is -0.480 e. The maximum absolute atomic E-state index is 11.4. The summed E-state index contributed by atoms with van der Waals surface area (Å²) in [6.07, 6.45) is 0. The molecule has 0 radical (unpaired) electrons. The zero-order chi connectivity index (χ0) is 15.4. The number of carboxylic acids is 1. The number of halogens is 2. The summed E-state index contributed by atoms with van der Waals surface area (Å²) in [5, 5.41) is 19.1. The van der Waals surface area contributed by atoms with E-state index in [-0.39, 0.29) is 0 Å². The smallest absolute Gasteiger partial charge is 0.321 e. The molecule has 2 rings (SSSR count). The van der Waals surface area contributed by atoms with Crippen molar-refractivity contribution in [2.24, 2.45) is 5.92 Å². The van der Waals surface area contributed by atoms with Crippen molar-refractivity contribution in [3.63, 3.8) is 0 Å². The third-order valence-corrected chi connectivity index (χ3v) is 3.98. The van der Waals surface area contributed by atoms with E-state index in [0.717, 1.165) is 15.6 Å². The molecular weight excluding hydrogens is 354 g/mol. The first kappa shape index (κ1) is 15.6. The van der Waals surface area contributed by atoms with Gasteiger partial charge in [0.2, 0.25) is 0 Å². The van der Waals surface area contributed by atoms with E-state index in [9.17, 15) is 15.2 Å². The van der Waals surface area contributed by atoms with Crippen LogP contribution < -0.4 is 0 Å². The summed E-state index contributed by atoms with van der Waals surface area (Å²) in [6.45, 7) is 0. The SMILES string of the molecule is N#CC(C(=O)O)C(c1ccc(Cl)cc1)c1ccc(Br)cc1. The van der Waals surface area contributed by atoms with Gasteiger partial charge in [0, 0.05) is 15.4 Å². The van der Waals surface area contributed by atoms with Crippen molar-refractivity contribution >= 4 is 33.5 Å². The number of nitrogens with zero attached hydrogens (tertiary/aromatic N) is 1. The van der Waals surface area contributed by atoms with Crippen molar-refractivity contribution in [1.29, 1.82) is 5.26 Å². The molecular formula is C16H11BrClNO2. The Morgan fingerprint density at radius 2 is 1.57 bits per heavy atom. The molecule has 2 atom stereocenters. The van der Waals surface area contributed by atoms with Crippen LogP contribution in [0.1, 0.15) is 17.0 Å². The Morgan fingerprint density at radius 1 is 1.10 bits per heavy atom. The van der Waals surface area contributed by atoms with Gasteiger partial charge in [-0.2, -0.15) is 5.26 Å². The molecule has 0 aromatic heterocycles. The lowest BCUT2D eigenvalue weighted by Crippen LogP contribution is -2.21. The van der Waals surface area contributed by atoms with Crippen LogP contribution in [-0.4, -0.2) is 11.1 Å². The Hall–Kier alpha value is -1.83. The predicted molar refractivity (Wildman–Crippen MR) is 84.2 cm³/mol. The summed E-state index contributed by atoms with van der Waals surface area (Å²) in [5.74, 6) is -2.84. The molecule has 0 bridgehead atoms. The Bertz CT molecular complexity index is 631. The Labute approximate surface area is 135 Å². The van der Waals surface area contributed by atoms with E-state index in [1.54, 1.807) is 24.3 Å². The largest absolute Gasteiger partial charge is 0.480 e. The van der Waals surface area contributed by atoms with Crippen molar-refractivity contribution in [2.75, 3.05) is 0 Å². The maximum Gasteiger partial charge on any atom is 0.321 e. The average Bonchev–Trinajstić information content (AvgIpc) is 2.46. The van der Waals surface area contributed by atoms with E-state index >= 15 is 0 Å². The second-order valence-electron chi connectivity index (χ2n) is 4.53. The molecule has 0 fully saturated rings. The molecule has 0 aliphatic carbocycles. The van der Waals surface area contributed by atoms with Crippen LogP contribution in [0.3, 0.4) is 0 Å². The first-order valence-electron chi connectivity index (χ1n) is 6.16. The number of benzene rings is 2. The molecule has 5 heteroatoms. The van der Waals surface area contributed by atoms with Crippen molar-refractivity contribution in [2.45, 2.75) is 5.92 Å². The molecule has 0 heterocycles. The van der Waals surface area contributed by atoms with Gasteiger partial charge in [-0.3, -0.25) is 4.79 Å². The van der Waals surface area contributed by atoms with Gasteiger partial charge in [0.1, 0.15) is 0 Å². The highest BCUT2D eigenvalue weighted by atomic mass is 79.9. The zero-order valence-corrected chi connectivity index (χ0v) is 13.2. The molecule has 2 unspecified atom stereocenters. The fourth-order valence-corrected chi connectivity index (χ4v) is 2.58. The van der Waals surface area contributed by atoms with E-state index in [1.165, 1.54) is 0 Å². The summed E-state index contributed by atoms with van der Waals surface area (Å²) in [5.41, 5.74) is 1.52. The Kier molecular flexibility index (Phi) is 5.00. The van der Waals surface area contributed by atoms with Crippen molar-refractivity contribution < 1.29 is 9.90 Å². The van der Waals surface area contributed by atoms with Gasteiger partial charge in [0.25, 0.3) is 0 Å². The standard InChI is InChI=1S/C16H11BrClNO2/c17-12-5-1-10(2-6-12)15(14(9-19)16(20)21)11-3-7-13(18)8-4-11/h1-8,14-15H,(H,20,21). The summed E-state index contributed by atoms with van der Waals surface area (Å²) < 4.78 is 0.893. The van der Waals surface area contributed by atoms with Crippen molar-refractivity contribution in [3.05, 3.63) is 69.2 Å². The van der Waals surface area contributed by atoms with Gasteiger partial charge in [-0.15, -0.1) is 0 Å². The van der Waals surface area contributed by atoms with Crippen LogP contribution in [0.4, 0.5) is 0 Å². The van der Waals surface area contributed by atoms with Gasteiger partial charge in [-0.05, 0) is 35.4 Å². The first-order valence-corrected chi connectivity index (χ1v) is 7.33. The summed E-state index contributed by atoms with van der Waals surface area (Å²) in [4.78, 5) is 11.4. The zero-order valence-electron chi connectivity index (χ0n) is 10.8. The van der Waals surface area contributed by atoms with E-state index in [2.05, 4.69) is 15.9 Å². The molecule has 21 heavy (non-hydrogen) atoms. The maximum atomic E-state index is 11.4. The van der Waals surface area contributed by atoms with E-state index in [1.807, 2.05) is 30.3 Å². The summed E-state index contributed by atoms with van der Waals surface area (Å²) in [6, 6.07) is 16.1. The number of nitriles is 1. The summed E-state index contributed by atoms with van der Waals surface area (Å²) in [7, 11) is 0. The molecule has 0 saturated heterocycles. The number of carboxylic acid groups (broad SMARTS) is 1. The lowest BCUT2D eigenvalue weighted by molar-refractivity contribution is -0.140. The van der Waals surface area contributed by atoms with Crippen molar-refractivity contribution in [3.8, 4) is 6.07 Å². The Balaban J connectivity index is 2.53. The van der Waals surface area contributed by atoms with Gasteiger partial charge >= 0.3 is 5.97 Å². The highest BCUT2D eigenvalue weighted by Crippen LogP contribution is 2.33. The predicted octanol–water partition coefficient (Wildman–Crippen LogP) is 4.46. The topological polar surface area (TPSA) is 61.1 Å². The third kappa shape index (κ3) is 3.63. The number of hydrogen-bond donors (Lipinski definition) is 1. The third-order valence-electron chi connectivity index (χ3n) is 3.20. The lowest BCUT2D eigenvalue weighted by atomic mass is 9.81. The molecule has 0 aliphatic heterocycles. The van der Waals surface area contributed by atoms with Gasteiger partial charge in [0.05, 0.1) is 6.07 Å². The minimum atomic E-state index is -1.16. The quantitative estimate of drug-likeness (QED) is 0.871. The lowest BCUT2D eigenvalue weighted by Gasteiger charge is -2.20. The fourth-order valence-electron chi connectivity index (χ4n) is 2.19. The molecule has 0 spiro atoms. The highest BCUT2D eigenvalue weighted by Gasteiger charge is 2.30. The Morgan fingerprint density at radius 3 is 2.00 bits per heavy atom. The average molecular weight is 365 g/mol. The normalized spacial score (nSPS) is 13.2. The van der Waals surface area contributed by atoms with Crippen LogP contribution in [0, 0.1) is 17.2 Å². The molecule has 106 valence electrons. The number of aliphatic carboxylic acids is 1. The highest BCUT2D eigenvalue weighted by molar-refractivity contribution is 9.10.